The molecule has 1 aromatic carbocycles. The van der Waals surface area contributed by atoms with E-state index in [9.17, 15) is 9.59 Å². The van der Waals surface area contributed by atoms with Gasteiger partial charge in [0.05, 0.1) is 5.57 Å². The van der Waals surface area contributed by atoms with Gasteiger partial charge in [0.1, 0.15) is 13.2 Å². The maximum atomic E-state index is 11.8. The molecule has 2 heterocycles. The van der Waals surface area contributed by atoms with Crippen LogP contribution in [0.5, 0.6) is 0 Å². The predicted molar refractivity (Wildman–Crippen MR) is 63.4 cm³/mol. The van der Waals surface area contributed by atoms with Gasteiger partial charge >= 0.3 is 11.9 Å². The van der Waals surface area contributed by atoms with Gasteiger partial charge < -0.3 is 9.47 Å². The molecule has 0 aromatic heterocycles. The van der Waals surface area contributed by atoms with Gasteiger partial charge in [-0.05, 0) is 5.56 Å². The zero-order chi connectivity index (χ0) is 12.5. The number of rotatable bonds is 2. The Labute approximate surface area is 104 Å². The minimum atomic E-state index is -0.412. The van der Waals surface area contributed by atoms with Crippen LogP contribution in [0, 0.1) is 0 Å². The van der Waals surface area contributed by atoms with Crippen LogP contribution >= 0.6 is 0 Å². The van der Waals surface area contributed by atoms with Gasteiger partial charge in [-0.15, -0.1) is 0 Å². The van der Waals surface area contributed by atoms with E-state index in [1.165, 1.54) is 6.08 Å². The Bertz CT molecular complexity index is 581. The van der Waals surface area contributed by atoms with Gasteiger partial charge in [-0.25, -0.2) is 9.59 Å². The van der Waals surface area contributed by atoms with Crippen LogP contribution in [-0.4, -0.2) is 25.2 Å². The standard InChI is InChI=1S/C14H10O4/c15-12-6-10(7-17-12)13-11(8-18-14(13)16)9-4-2-1-3-5-9/h1-6H,7-8H2. The van der Waals surface area contributed by atoms with Crippen LogP contribution < -0.4 is 0 Å². The van der Waals surface area contributed by atoms with Crippen LogP contribution in [0.3, 0.4) is 0 Å². The van der Waals surface area contributed by atoms with Crippen LogP contribution in [0.25, 0.3) is 5.57 Å². The van der Waals surface area contributed by atoms with Gasteiger partial charge in [0, 0.05) is 17.2 Å². The van der Waals surface area contributed by atoms with Gasteiger partial charge in [-0.2, -0.15) is 0 Å². The molecule has 0 saturated heterocycles. The normalized spacial score (nSPS) is 18.8. The number of benzene rings is 1. The third-order valence-corrected chi connectivity index (χ3v) is 2.96. The maximum absolute atomic E-state index is 11.8. The molecule has 1 aromatic rings. The van der Waals surface area contributed by atoms with Crippen LogP contribution in [-0.2, 0) is 19.1 Å². The number of cyclic esters (lactones) is 2. The molecular weight excluding hydrogens is 232 g/mol. The van der Waals surface area contributed by atoms with E-state index in [0.717, 1.165) is 11.1 Å². The first-order chi connectivity index (χ1) is 8.75. The van der Waals surface area contributed by atoms with Crippen LogP contribution in [0.1, 0.15) is 5.56 Å². The Balaban J connectivity index is 2.10. The fraction of sp³-hybridized carbons (Fsp3) is 0.143. The van der Waals surface area contributed by atoms with E-state index in [2.05, 4.69) is 0 Å². The summed E-state index contributed by atoms with van der Waals surface area (Å²) in [7, 11) is 0. The summed E-state index contributed by atoms with van der Waals surface area (Å²) in [5.74, 6) is -0.803. The van der Waals surface area contributed by atoms with Crippen LogP contribution in [0.15, 0.2) is 47.6 Å². The summed E-state index contributed by atoms with van der Waals surface area (Å²) in [6.45, 7) is 0.378. The molecule has 0 bridgehead atoms. The molecule has 0 fully saturated rings. The molecular formula is C14H10O4. The first-order valence-electron chi connectivity index (χ1n) is 5.59. The second-order valence-electron chi connectivity index (χ2n) is 4.07. The summed E-state index contributed by atoms with van der Waals surface area (Å²) in [6, 6.07) is 9.52. The first-order valence-corrected chi connectivity index (χ1v) is 5.59. The molecule has 90 valence electrons. The molecule has 18 heavy (non-hydrogen) atoms. The highest BCUT2D eigenvalue weighted by molar-refractivity contribution is 6.07. The zero-order valence-corrected chi connectivity index (χ0v) is 9.51. The quantitative estimate of drug-likeness (QED) is 0.737. The Morgan fingerprint density at radius 2 is 1.72 bits per heavy atom. The summed E-state index contributed by atoms with van der Waals surface area (Å²) in [5, 5.41) is 0. The fourth-order valence-corrected chi connectivity index (χ4v) is 2.12. The van der Waals surface area contributed by atoms with Gasteiger partial charge in [0.2, 0.25) is 0 Å². The van der Waals surface area contributed by atoms with Gasteiger partial charge in [0.25, 0.3) is 0 Å². The van der Waals surface area contributed by atoms with Crippen LogP contribution in [0.2, 0.25) is 0 Å². The summed E-state index contributed by atoms with van der Waals surface area (Å²) in [4.78, 5) is 22.9. The molecule has 4 heteroatoms. The van der Waals surface area contributed by atoms with Crippen molar-refractivity contribution < 1.29 is 19.1 Å². The minimum Gasteiger partial charge on any atom is -0.458 e. The monoisotopic (exact) mass is 242 g/mol. The van der Waals surface area contributed by atoms with Crippen molar-refractivity contribution in [3.63, 3.8) is 0 Å². The van der Waals surface area contributed by atoms with E-state index in [1.807, 2.05) is 30.3 Å². The first kappa shape index (κ1) is 10.8. The number of hydrogen-bond donors (Lipinski definition) is 0. The van der Waals surface area contributed by atoms with E-state index in [4.69, 9.17) is 9.47 Å². The molecule has 0 radical (unpaired) electrons. The molecule has 0 spiro atoms. The predicted octanol–water partition coefficient (Wildman–Crippen LogP) is 1.48. The highest BCUT2D eigenvalue weighted by atomic mass is 16.5. The minimum absolute atomic E-state index is 0.138. The maximum Gasteiger partial charge on any atom is 0.339 e. The second kappa shape index (κ2) is 4.14. The molecule has 0 unspecified atom stereocenters. The van der Waals surface area contributed by atoms with Gasteiger partial charge in [0.15, 0.2) is 0 Å². The molecule has 2 aliphatic heterocycles. The van der Waals surface area contributed by atoms with Crippen LogP contribution in [0.4, 0.5) is 0 Å². The second-order valence-corrected chi connectivity index (χ2v) is 4.07. The zero-order valence-electron chi connectivity index (χ0n) is 9.51. The summed E-state index contributed by atoms with van der Waals surface area (Å²) < 4.78 is 9.90. The van der Waals surface area contributed by atoms with Crippen molar-refractivity contribution in [2.75, 3.05) is 13.2 Å². The number of carbonyl (C=O) groups excluding carboxylic acids is 2. The van der Waals surface area contributed by atoms with Crippen molar-refractivity contribution in [2.24, 2.45) is 0 Å². The van der Waals surface area contributed by atoms with E-state index in [-0.39, 0.29) is 13.2 Å². The molecule has 0 N–H and O–H groups in total. The Hall–Kier alpha value is -2.36. The number of ether oxygens (including phenoxy) is 2. The Kier molecular flexibility index (Phi) is 2.48. The van der Waals surface area contributed by atoms with E-state index in [0.29, 0.717) is 11.1 Å². The summed E-state index contributed by atoms with van der Waals surface area (Å²) >= 11 is 0. The summed E-state index contributed by atoms with van der Waals surface area (Å²) in [5.41, 5.74) is 2.80. The highest BCUT2D eigenvalue weighted by Crippen LogP contribution is 2.32. The highest BCUT2D eigenvalue weighted by Gasteiger charge is 2.31. The van der Waals surface area contributed by atoms with Crippen molar-refractivity contribution in [1.29, 1.82) is 0 Å². The van der Waals surface area contributed by atoms with E-state index < -0.39 is 11.9 Å². The molecule has 0 saturated carbocycles. The van der Waals surface area contributed by atoms with Crippen molar-refractivity contribution in [2.45, 2.75) is 0 Å². The lowest BCUT2D eigenvalue weighted by atomic mass is 9.97. The third-order valence-electron chi connectivity index (χ3n) is 2.96. The Morgan fingerprint density at radius 1 is 0.944 bits per heavy atom. The van der Waals surface area contributed by atoms with E-state index in [1.54, 1.807) is 0 Å². The molecule has 0 atom stereocenters. The molecule has 4 nitrogen and oxygen atoms in total. The van der Waals surface area contributed by atoms with Gasteiger partial charge in [-0.1, -0.05) is 30.3 Å². The lowest BCUT2D eigenvalue weighted by Crippen LogP contribution is -2.03. The average Bonchev–Trinajstić information content (AvgIpc) is 2.96. The largest absolute Gasteiger partial charge is 0.458 e. The molecule has 3 rings (SSSR count). The summed E-state index contributed by atoms with van der Waals surface area (Å²) in [6.07, 6.45) is 1.35. The smallest absolute Gasteiger partial charge is 0.339 e. The fourth-order valence-electron chi connectivity index (χ4n) is 2.12. The van der Waals surface area contributed by atoms with E-state index >= 15 is 0 Å². The van der Waals surface area contributed by atoms with Crippen molar-refractivity contribution >= 4 is 17.5 Å². The number of carbonyl (C=O) groups is 2. The van der Waals surface area contributed by atoms with Gasteiger partial charge in [-0.3, -0.25) is 0 Å². The average molecular weight is 242 g/mol. The lowest BCUT2D eigenvalue weighted by molar-refractivity contribution is -0.136. The Morgan fingerprint density at radius 3 is 2.39 bits per heavy atom. The molecule has 0 aliphatic carbocycles. The molecule has 0 amide bonds. The van der Waals surface area contributed by atoms with Crippen molar-refractivity contribution in [1.82, 2.24) is 0 Å². The van der Waals surface area contributed by atoms with Crippen molar-refractivity contribution in [3.8, 4) is 0 Å². The topological polar surface area (TPSA) is 52.6 Å². The lowest BCUT2D eigenvalue weighted by Gasteiger charge is -2.03. The van der Waals surface area contributed by atoms with Crippen molar-refractivity contribution in [3.05, 3.63) is 53.1 Å². The third kappa shape index (κ3) is 1.72. The SMILES string of the molecule is O=C1C=C(C2=C(c3ccccc3)COC2=O)CO1. The number of hydrogen-bond acceptors (Lipinski definition) is 4. The molecule has 2 aliphatic rings. The number of esters is 2.